The van der Waals surface area contributed by atoms with Crippen LogP contribution in [-0.4, -0.2) is 28.9 Å². The largest absolute Gasteiger partial charge is 0.481 e. The lowest BCUT2D eigenvalue weighted by atomic mass is 9.91. The average Bonchev–Trinajstić information content (AvgIpc) is 2.84. The van der Waals surface area contributed by atoms with E-state index in [-0.39, 0.29) is 34.4 Å². The summed E-state index contributed by atoms with van der Waals surface area (Å²) in [6, 6.07) is 18.8. The molecule has 0 bridgehead atoms. The third kappa shape index (κ3) is 5.07. The molecule has 0 saturated carbocycles. The molecule has 6 nitrogen and oxygen atoms in total. The summed E-state index contributed by atoms with van der Waals surface area (Å²) in [7, 11) is 0. The van der Waals surface area contributed by atoms with Gasteiger partial charge in [0.2, 0.25) is 0 Å². The van der Waals surface area contributed by atoms with Gasteiger partial charge in [0.05, 0.1) is 33.6 Å². The number of carboxylic acids is 1. The Labute approximate surface area is 212 Å². The molecule has 1 N–H and O–H groups in total. The molecule has 35 heavy (non-hydrogen) atoms. The van der Waals surface area contributed by atoms with E-state index in [0.29, 0.717) is 23.2 Å². The Morgan fingerprint density at radius 2 is 1.69 bits per heavy atom. The van der Waals surface area contributed by atoms with Crippen LogP contribution in [0.4, 0.5) is 5.69 Å². The van der Waals surface area contributed by atoms with Gasteiger partial charge in [0.15, 0.2) is 5.78 Å². The number of carboxylic acid groups (broad SMARTS) is 1. The number of aliphatic carboxylic acids is 1. The summed E-state index contributed by atoms with van der Waals surface area (Å²) in [5, 5.41) is 10.1. The van der Waals surface area contributed by atoms with Gasteiger partial charge in [-0.15, -0.1) is 0 Å². The molecule has 3 aromatic rings. The first-order chi connectivity index (χ1) is 16.8. The van der Waals surface area contributed by atoms with Gasteiger partial charge in [-0.1, -0.05) is 59.6 Å². The van der Waals surface area contributed by atoms with E-state index in [9.17, 15) is 19.5 Å². The second kappa shape index (κ2) is 10.3. The molecule has 1 aliphatic rings. The first-order valence-electron chi connectivity index (χ1n) is 10.9. The number of rotatable bonds is 7. The maximum absolute atomic E-state index is 13.1. The van der Waals surface area contributed by atoms with Crippen molar-refractivity contribution in [3.63, 3.8) is 0 Å². The molecule has 3 aromatic carbocycles. The van der Waals surface area contributed by atoms with Crippen molar-refractivity contribution in [3.05, 3.63) is 110 Å². The van der Waals surface area contributed by atoms with E-state index in [4.69, 9.17) is 29.8 Å². The number of carbonyl (C=O) groups is 3. The second-order valence-electron chi connectivity index (χ2n) is 8.28. The molecule has 0 fully saturated rings. The summed E-state index contributed by atoms with van der Waals surface area (Å²) in [6.45, 7) is 7.57. The van der Waals surface area contributed by atoms with Gasteiger partial charge in [-0.25, -0.2) is 11.5 Å². The summed E-state index contributed by atoms with van der Waals surface area (Å²) in [4.78, 5) is 42.9. The van der Waals surface area contributed by atoms with Crippen LogP contribution in [0.3, 0.4) is 0 Å². The van der Waals surface area contributed by atoms with Crippen molar-refractivity contribution in [1.82, 2.24) is 0 Å². The molecule has 0 aliphatic carbocycles. The number of nitrogens with zero attached hydrogens (tertiary/aromatic N) is 2. The second-order valence-corrected chi connectivity index (χ2v) is 9.09. The van der Waals surface area contributed by atoms with E-state index in [1.807, 2.05) is 12.1 Å². The highest BCUT2D eigenvalue weighted by molar-refractivity contribution is 6.39. The van der Waals surface area contributed by atoms with E-state index >= 15 is 0 Å². The van der Waals surface area contributed by atoms with Gasteiger partial charge in [-0.05, 0) is 47.9 Å². The molecular formula is C27H20Cl2N2O4. The lowest BCUT2D eigenvalue weighted by Crippen LogP contribution is -2.44. The van der Waals surface area contributed by atoms with E-state index in [1.54, 1.807) is 42.5 Å². The minimum atomic E-state index is -1.11. The zero-order valence-electron chi connectivity index (χ0n) is 18.4. The molecule has 176 valence electrons. The lowest BCUT2D eigenvalue weighted by molar-refractivity contribution is -0.141. The Bertz CT molecular complexity index is 1330. The van der Waals surface area contributed by atoms with Gasteiger partial charge in [-0.3, -0.25) is 19.2 Å². The molecule has 0 aromatic heterocycles. The number of anilines is 1. The summed E-state index contributed by atoms with van der Waals surface area (Å²) in [5.74, 6) is -2.78. The van der Waals surface area contributed by atoms with E-state index in [1.165, 1.54) is 17.0 Å². The molecule has 1 amide bonds. The highest BCUT2D eigenvalue weighted by atomic mass is 35.5. The smallest absolute Gasteiger partial charge is 0.309 e. The van der Waals surface area contributed by atoms with Gasteiger partial charge < -0.3 is 5.11 Å². The van der Waals surface area contributed by atoms with Crippen molar-refractivity contribution < 1.29 is 19.5 Å². The normalized spacial score (nSPS) is 15.7. The van der Waals surface area contributed by atoms with Crippen LogP contribution in [0.5, 0.6) is 0 Å². The van der Waals surface area contributed by atoms with Crippen LogP contribution in [0, 0.1) is 12.5 Å². The maximum atomic E-state index is 13.1. The number of Topliss-reactive ketones (excluding diaryl/α,β-unsaturated/α-hetero) is 1. The van der Waals surface area contributed by atoms with E-state index in [2.05, 4.69) is 4.85 Å². The zero-order valence-corrected chi connectivity index (χ0v) is 20.0. The Balaban J connectivity index is 1.53. The zero-order chi connectivity index (χ0) is 25.1. The Kier molecular flexibility index (Phi) is 7.20. The van der Waals surface area contributed by atoms with Crippen molar-refractivity contribution >= 4 is 46.5 Å². The fraction of sp³-hybridized carbons (Fsp3) is 0.185. The summed E-state index contributed by atoms with van der Waals surface area (Å²) >= 11 is 12.2. The van der Waals surface area contributed by atoms with Gasteiger partial charge in [0.1, 0.15) is 0 Å². The van der Waals surface area contributed by atoms with Crippen LogP contribution in [0.25, 0.3) is 4.85 Å². The number of carbonyl (C=O) groups excluding carboxylic acids is 2. The summed E-state index contributed by atoms with van der Waals surface area (Å²) in [5.41, 5.74) is 2.77. The van der Waals surface area contributed by atoms with Crippen molar-refractivity contribution in [3.8, 4) is 0 Å². The average molecular weight is 507 g/mol. The minimum absolute atomic E-state index is 0.104. The van der Waals surface area contributed by atoms with Crippen LogP contribution in [0.2, 0.25) is 10.0 Å². The first kappa shape index (κ1) is 24.5. The predicted octanol–water partition coefficient (Wildman–Crippen LogP) is 5.96. The van der Waals surface area contributed by atoms with E-state index in [0.717, 1.165) is 5.56 Å². The van der Waals surface area contributed by atoms with Crippen LogP contribution >= 0.6 is 23.2 Å². The standard InChI is InChI=1S/C27H20Cl2N2O4/c1-30-24-15-17-5-2-3-6-20(17)26(33)31(24)19-11-9-16(10-12-19)13-18(27(34)35)14-23(32)25-21(28)7-4-8-22(25)29/h2-12,18,24H,13-15H2,(H,34,35)/t18-,24?/m1/s1. The number of benzene rings is 3. The predicted molar refractivity (Wildman–Crippen MR) is 134 cm³/mol. The third-order valence-corrected chi connectivity index (χ3v) is 6.67. The number of halogens is 2. The number of ketones is 1. The monoisotopic (exact) mass is 506 g/mol. The lowest BCUT2D eigenvalue weighted by Gasteiger charge is -2.29. The molecule has 1 heterocycles. The maximum Gasteiger partial charge on any atom is 0.309 e. The minimum Gasteiger partial charge on any atom is -0.481 e. The number of hydrogen-bond donors (Lipinski definition) is 1. The third-order valence-electron chi connectivity index (χ3n) is 6.04. The van der Waals surface area contributed by atoms with Crippen molar-refractivity contribution in [2.75, 3.05) is 4.90 Å². The van der Waals surface area contributed by atoms with Gasteiger partial charge in [-0.2, -0.15) is 0 Å². The van der Waals surface area contributed by atoms with E-state index < -0.39 is 23.8 Å². The van der Waals surface area contributed by atoms with Crippen molar-refractivity contribution in [2.24, 2.45) is 5.92 Å². The van der Waals surface area contributed by atoms with Gasteiger partial charge in [0.25, 0.3) is 5.91 Å². The summed E-state index contributed by atoms with van der Waals surface area (Å²) < 4.78 is 0. The molecule has 2 atom stereocenters. The Morgan fingerprint density at radius 3 is 2.31 bits per heavy atom. The molecule has 0 radical (unpaired) electrons. The molecule has 4 rings (SSSR count). The Morgan fingerprint density at radius 1 is 1.03 bits per heavy atom. The molecular weight excluding hydrogens is 487 g/mol. The highest BCUT2D eigenvalue weighted by Crippen LogP contribution is 2.31. The summed E-state index contributed by atoms with van der Waals surface area (Å²) in [6.07, 6.45) is -0.386. The first-order valence-corrected chi connectivity index (χ1v) is 11.6. The van der Waals surface area contributed by atoms with Crippen LogP contribution in [-0.2, 0) is 17.6 Å². The molecule has 1 aliphatic heterocycles. The number of amides is 1. The van der Waals surface area contributed by atoms with Crippen LogP contribution < -0.4 is 4.90 Å². The SMILES string of the molecule is [C-]#[N+]C1Cc2ccccc2C(=O)N1c1ccc(C[C@H](CC(=O)c2c(Cl)cccc2Cl)C(=O)O)cc1. The van der Waals surface area contributed by atoms with Crippen molar-refractivity contribution in [1.29, 1.82) is 0 Å². The molecule has 8 heteroatoms. The van der Waals surface area contributed by atoms with Gasteiger partial charge in [0, 0.05) is 12.0 Å². The van der Waals surface area contributed by atoms with Crippen molar-refractivity contribution in [2.45, 2.75) is 25.4 Å². The fourth-order valence-electron chi connectivity index (χ4n) is 4.27. The van der Waals surface area contributed by atoms with Crippen LogP contribution in [0.1, 0.15) is 38.3 Å². The molecule has 0 saturated heterocycles. The molecule has 1 unspecified atom stereocenters. The fourth-order valence-corrected chi connectivity index (χ4v) is 4.87. The van der Waals surface area contributed by atoms with Gasteiger partial charge >= 0.3 is 12.1 Å². The van der Waals surface area contributed by atoms with Crippen LogP contribution in [0.15, 0.2) is 66.7 Å². The quantitative estimate of drug-likeness (QED) is 0.316. The highest BCUT2D eigenvalue weighted by Gasteiger charge is 2.37. The Hall–Kier alpha value is -3.66. The topological polar surface area (TPSA) is 79.0 Å². The number of fused-ring (bicyclic) bond motifs is 1. The molecule has 0 spiro atoms. The number of hydrogen-bond acceptors (Lipinski definition) is 3.